The average molecular weight is 209 g/mol. The molecule has 1 aromatic carbocycles. The van der Waals surface area contributed by atoms with Crippen molar-refractivity contribution in [3.63, 3.8) is 0 Å². The van der Waals surface area contributed by atoms with E-state index < -0.39 is 0 Å². The first-order valence-electron chi connectivity index (χ1n) is 5.01. The van der Waals surface area contributed by atoms with Crippen LogP contribution in [0.4, 0.5) is 0 Å². The van der Waals surface area contributed by atoms with E-state index in [1.54, 1.807) is 6.20 Å². The van der Waals surface area contributed by atoms with Gasteiger partial charge in [-0.25, -0.2) is 0 Å². The second-order valence-electron chi connectivity index (χ2n) is 3.26. The smallest absolute Gasteiger partial charge is 0.104 e. The minimum absolute atomic E-state index is 0.125. The largest absolute Gasteiger partial charge is 0.384 e. The highest BCUT2D eigenvalue weighted by Crippen LogP contribution is 2.15. The van der Waals surface area contributed by atoms with Gasteiger partial charge in [-0.15, -0.1) is 0 Å². The fraction of sp³-hybridized carbons (Fsp3) is 0.0714. The van der Waals surface area contributed by atoms with Gasteiger partial charge < -0.3 is 5.11 Å². The molecule has 0 aliphatic heterocycles. The number of hydrogen-bond acceptors (Lipinski definition) is 2. The number of nitrogens with zero attached hydrogens (tertiary/aromatic N) is 1. The molecule has 0 spiro atoms. The molecule has 0 unspecified atom stereocenters. The molecular formula is C14H11NO. The molecule has 1 aromatic heterocycles. The van der Waals surface area contributed by atoms with Crippen LogP contribution in [0.15, 0.2) is 48.7 Å². The van der Waals surface area contributed by atoms with Gasteiger partial charge >= 0.3 is 0 Å². The standard InChI is InChI=1S/C14H11NO/c16-10-4-5-12-8-9-14(15-11-12)13-6-2-1-3-7-13/h1-3,6-9,11,16H,10H2. The van der Waals surface area contributed by atoms with Crippen LogP contribution in [0.3, 0.4) is 0 Å². The van der Waals surface area contributed by atoms with Crippen LogP contribution >= 0.6 is 0 Å². The molecule has 2 aromatic rings. The van der Waals surface area contributed by atoms with Crippen LogP contribution in [0.2, 0.25) is 0 Å². The SMILES string of the molecule is OCC#Cc1ccc(-c2ccccc2)nc1. The molecule has 0 atom stereocenters. The van der Waals surface area contributed by atoms with Crippen molar-refractivity contribution in [2.24, 2.45) is 0 Å². The molecule has 0 bridgehead atoms. The van der Waals surface area contributed by atoms with Gasteiger partial charge in [0.1, 0.15) is 6.61 Å². The van der Waals surface area contributed by atoms with E-state index in [9.17, 15) is 0 Å². The Balaban J connectivity index is 2.26. The van der Waals surface area contributed by atoms with Gasteiger partial charge in [-0.05, 0) is 12.1 Å². The van der Waals surface area contributed by atoms with Gasteiger partial charge in [-0.1, -0.05) is 42.2 Å². The summed E-state index contributed by atoms with van der Waals surface area (Å²) in [6.45, 7) is -0.125. The van der Waals surface area contributed by atoms with Crippen molar-refractivity contribution in [3.05, 3.63) is 54.2 Å². The van der Waals surface area contributed by atoms with Crippen LogP contribution in [0.25, 0.3) is 11.3 Å². The van der Waals surface area contributed by atoms with Crippen molar-refractivity contribution in [1.82, 2.24) is 4.98 Å². The second kappa shape index (κ2) is 5.11. The molecule has 0 aliphatic rings. The van der Waals surface area contributed by atoms with Crippen molar-refractivity contribution in [1.29, 1.82) is 0 Å². The highest BCUT2D eigenvalue weighted by molar-refractivity contribution is 5.59. The van der Waals surface area contributed by atoms with Gasteiger partial charge in [0.25, 0.3) is 0 Å². The summed E-state index contributed by atoms with van der Waals surface area (Å²) in [6.07, 6.45) is 1.71. The van der Waals surface area contributed by atoms with Crippen molar-refractivity contribution in [3.8, 4) is 23.1 Å². The van der Waals surface area contributed by atoms with Gasteiger partial charge in [-0.3, -0.25) is 4.98 Å². The number of aromatic nitrogens is 1. The topological polar surface area (TPSA) is 33.1 Å². The van der Waals surface area contributed by atoms with Crippen molar-refractivity contribution in [2.45, 2.75) is 0 Å². The summed E-state index contributed by atoms with van der Waals surface area (Å²) in [7, 11) is 0. The number of aliphatic hydroxyl groups excluding tert-OH is 1. The molecule has 0 radical (unpaired) electrons. The fourth-order valence-corrected chi connectivity index (χ4v) is 1.39. The van der Waals surface area contributed by atoms with E-state index in [0.717, 1.165) is 16.8 Å². The summed E-state index contributed by atoms with van der Waals surface area (Å²) in [4.78, 5) is 4.32. The lowest BCUT2D eigenvalue weighted by molar-refractivity contribution is 0.350. The Morgan fingerprint density at radius 1 is 1.06 bits per heavy atom. The third-order valence-electron chi connectivity index (χ3n) is 2.14. The fourth-order valence-electron chi connectivity index (χ4n) is 1.39. The van der Waals surface area contributed by atoms with E-state index in [0.29, 0.717) is 0 Å². The third kappa shape index (κ3) is 2.47. The summed E-state index contributed by atoms with van der Waals surface area (Å²) >= 11 is 0. The first-order chi connectivity index (χ1) is 7.90. The predicted molar refractivity (Wildman–Crippen MR) is 63.6 cm³/mol. The van der Waals surface area contributed by atoms with Crippen LogP contribution in [-0.2, 0) is 0 Å². The van der Waals surface area contributed by atoms with E-state index in [-0.39, 0.29) is 6.61 Å². The van der Waals surface area contributed by atoms with Gasteiger partial charge in [0, 0.05) is 17.3 Å². The number of aliphatic hydroxyl groups is 1. The zero-order valence-corrected chi connectivity index (χ0v) is 8.72. The van der Waals surface area contributed by atoms with E-state index in [1.807, 2.05) is 42.5 Å². The third-order valence-corrected chi connectivity index (χ3v) is 2.14. The summed E-state index contributed by atoms with van der Waals surface area (Å²) in [5.74, 6) is 5.40. The lowest BCUT2D eigenvalue weighted by atomic mass is 10.1. The van der Waals surface area contributed by atoms with E-state index in [4.69, 9.17) is 5.11 Å². The monoisotopic (exact) mass is 209 g/mol. The second-order valence-corrected chi connectivity index (χ2v) is 3.26. The lowest BCUT2D eigenvalue weighted by Gasteiger charge is -1.99. The number of rotatable bonds is 1. The Labute approximate surface area is 94.6 Å². The van der Waals surface area contributed by atoms with E-state index in [2.05, 4.69) is 16.8 Å². The Morgan fingerprint density at radius 2 is 1.88 bits per heavy atom. The Kier molecular flexibility index (Phi) is 3.32. The zero-order chi connectivity index (χ0) is 11.2. The molecule has 16 heavy (non-hydrogen) atoms. The summed E-state index contributed by atoms with van der Waals surface area (Å²) in [6, 6.07) is 13.8. The summed E-state index contributed by atoms with van der Waals surface area (Å²) in [5.41, 5.74) is 2.83. The van der Waals surface area contributed by atoms with Gasteiger partial charge in [0.05, 0.1) is 5.69 Å². The molecule has 2 heteroatoms. The molecular weight excluding hydrogens is 198 g/mol. The molecule has 1 N–H and O–H groups in total. The maximum absolute atomic E-state index is 8.57. The molecule has 78 valence electrons. The van der Waals surface area contributed by atoms with Gasteiger partial charge in [0.2, 0.25) is 0 Å². The Morgan fingerprint density at radius 3 is 2.50 bits per heavy atom. The van der Waals surface area contributed by atoms with Crippen molar-refractivity contribution in [2.75, 3.05) is 6.61 Å². The first-order valence-corrected chi connectivity index (χ1v) is 5.01. The highest BCUT2D eigenvalue weighted by atomic mass is 16.2. The maximum atomic E-state index is 8.57. The molecule has 2 nitrogen and oxygen atoms in total. The number of benzene rings is 1. The summed E-state index contributed by atoms with van der Waals surface area (Å²) in [5, 5.41) is 8.57. The molecule has 0 saturated heterocycles. The van der Waals surface area contributed by atoms with Crippen LogP contribution in [0.5, 0.6) is 0 Å². The molecule has 0 saturated carbocycles. The first kappa shape index (κ1) is 10.4. The van der Waals surface area contributed by atoms with E-state index >= 15 is 0 Å². The van der Waals surface area contributed by atoms with Crippen LogP contribution < -0.4 is 0 Å². The lowest BCUT2D eigenvalue weighted by Crippen LogP contribution is -1.84. The number of pyridine rings is 1. The van der Waals surface area contributed by atoms with Gasteiger partial charge in [0.15, 0.2) is 0 Å². The molecule has 0 fully saturated rings. The van der Waals surface area contributed by atoms with Crippen molar-refractivity contribution >= 4 is 0 Å². The minimum Gasteiger partial charge on any atom is -0.384 e. The maximum Gasteiger partial charge on any atom is 0.104 e. The van der Waals surface area contributed by atoms with Crippen LogP contribution in [0.1, 0.15) is 5.56 Å². The average Bonchev–Trinajstić information content (AvgIpc) is 2.38. The van der Waals surface area contributed by atoms with Crippen LogP contribution in [0, 0.1) is 11.8 Å². The molecule has 0 aliphatic carbocycles. The number of hydrogen-bond donors (Lipinski definition) is 1. The molecule has 0 amide bonds. The molecule has 1 heterocycles. The molecule has 2 rings (SSSR count). The van der Waals surface area contributed by atoms with Crippen LogP contribution in [-0.4, -0.2) is 16.7 Å². The van der Waals surface area contributed by atoms with Gasteiger partial charge in [-0.2, -0.15) is 0 Å². The Hall–Kier alpha value is -2.11. The Bertz CT molecular complexity index is 506. The normalized spacial score (nSPS) is 9.31. The summed E-state index contributed by atoms with van der Waals surface area (Å²) < 4.78 is 0. The quantitative estimate of drug-likeness (QED) is 0.729. The predicted octanol–water partition coefficient (Wildman–Crippen LogP) is 2.09. The zero-order valence-electron chi connectivity index (χ0n) is 8.72. The van der Waals surface area contributed by atoms with Crippen molar-refractivity contribution < 1.29 is 5.11 Å². The minimum atomic E-state index is -0.125. The highest BCUT2D eigenvalue weighted by Gasteiger charge is 1.96. The van der Waals surface area contributed by atoms with E-state index in [1.165, 1.54) is 0 Å².